The molecule has 0 radical (unpaired) electrons. The van der Waals surface area contributed by atoms with Gasteiger partial charge in [-0.05, 0) is 66.4 Å². The van der Waals surface area contributed by atoms with Crippen molar-refractivity contribution >= 4 is 33.5 Å². The third-order valence-electron chi connectivity index (χ3n) is 6.59. The molecule has 35 heavy (non-hydrogen) atoms. The van der Waals surface area contributed by atoms with Crippen molar-refractivity contribution < 1.29 is 9.18 Å². The number of benzene rings is 3. The van der Waals surface area contributed by atoms with E-state index in [4.69, 9.17) is 5.73 Å². The fraction of sp³-hybridized carbons (Fsp3) is 0.148. The van der Waals surface area contributed by atoms with Gasteiger partial charge < -0.3 is 20.6 Å². The van der Waals surface area contributed by atoms with Crippen LogP contribution in [0.25, 0.3) is 44.5 Å². The molecule has 1 aliphatic heterocycles. The molecule has 5 aromatic rings. The van der Waals surface area contributed by atoms with Crippen LogP contribution in [-0.4, -0.2) is 38.8 Å². The van der Waals surface area contributed by atoms with Crippen molar-refractivity contribution in [1.82, 2.24) is 19.9 Å². The first kappa shape index (κ1) is 21.1. The summed E-state index contributed by atoms with van der Waals surface area (Å²) in [5.41, 5.74) is 11.1. The van der Waals surface area contributed by atoms with E-state index in [2.05, 4.69) is 15.0 Å². The van der Waals surface area contributed by atoms with Gasteiger partial charge in [0.15, 0.2) is 5.69 Å². The number of aromatic amines is 2. The summed E-state index contributed by atoms with van der Waals surface area (Å²) in [6.07, 6.45) is 2.04. The van der Waals surface area contributed by atoms with Gasteiger partial charge in [0.1, 0.15) is 5.82 Å². The molecule has 0 saturated carbocycles. The van der Waals surface area contributed by atoms with Crippen LogP contribution in [0.5, 0.6) is 0 Å². The minimum atomic E-state index is -0.376. The lowest BCUT2D eigenvalue weighted by molar-refractivity contribution is 0.0793. The molecular weight excluding hydrogens is 445 g/mol. The first-order valence-corrected chi connectivity index (χ1v) is 11.5. The standard InChI is InChI=1S/C27H22FN5O2/c28-18-7-3-15(4-8-18)16-5-10-21-22(14-16)31-25(26(34)32-21)24-23(29)19-13-17(6-9-20(19)30-24)27(35)33-11-1-2-12-33/h3-10,13-14,30H,1-2,11-12,29H2,(H,32,34). The number of carbonyl (C=O) groups is 1. The Kier molecular flexibility index (Phi) is 4.88. The summed E-state index contributed by atoms with van der Waals surface area (Å²) in [6, 6.07) is 17.0. The van der Waals surface area contributed by atoms with E-state index >= 15 is 0 Å². The highest BCUT2D eigenvalue weighted by Crippen LogP contribution is 2.32. The molecule has 4 N–H and O–H groups in total. The molecule has 8 heteroatoms. The third-order valence-corrected chi connectivity index (χ3v) is 6.59. The summed E-state index contributed by atoms with van der Waals surface area (Å²) < 4.78 is 13.3. The zero-order chi connectivity index (χ0) is 24.1. The van der Waals surface area contributed by atoms with E-state index < -0.39 is 0 Å². The van der Waals surface area contributed by atoms with Crippen LogP contribution in [0.15, 0.2) is 65.5 Å². The van der Waals surface area contributed by atoms with Crippen LogP contribution in [-0.2, 0) is 0 Å². The number of nitrogens with one attached hydrogen (secondary N) is 2. The van der Waals surface area contributed by atoms with Crippen molar-refractivity contribution in [2.75, 3.05) is 18.8 Å². The van der Waals surface area contributed by atoms with Crippen LogP contribution in [0, 0.1) is 5.82 Å². The number of H-pyrrole nitrogens is 2. The van der Waals surface area contributed by atoms with Gasteiger partial charge in [-0.1, -0.05) is 18.2 Å². The fourth-order valence-corrected chi connectivity index (χ4v) is 4.71. The molecule has 174 valence electrons. The molecule has 0 bridgehead atoms. The number of nitrogens with two attached hydrogens (primary N) is 1. The molecule has 0 spiro atoms. The Morgan fingerprint density at radius 3 is 2.40 bits per heavy atom. The molecule has 1 saturated heterocycles. The minimum absolute atomic E-state index is 0.0125. The molecule has 7 nitrogen and oxygen atoms in total. The number of carbonyl (C=O) groups excluding carboxylic acids is 1. The van der Waals surface area contributed by atoms with Crippen molar-refractivity contribution in [3.05, 3.63) is 82.4 Å². The third kappa shape index (κ3) is 3.63. The number of halogens is 1. The van der Waals surface area contributed by atoms with Gasteiger partial charge in [-0.25, -0.2) is 9.37 Å². The lowest BCUT2D eigenvalue weighted by Crippen LogP contribution is -2.27. The maximum Gasteiger partial charge on any atom is 0.276 e. The molecular formula is C27H22FN5O2. The number of hydrogen-bond donors (Lipinski definition) is 3. The number of nitrogens with zero attached hydrogens (tertiary/aromatic N) is 2. The SMILES string of the molecule is Nc1c(-c2nc3cc(-c4ccc(F)cc4)ccc3[nH]c2=O)[nH]c2ccc(C(=O)N3CCCC3)cc12. The average molecular weight is 468 g/mol. The van der Waals surface area contributed by atoms with Gasteiger partial charge in [0, 0.05) is 29.6 Å². The van der Waals surface area contributed by atoms with E-state index in [0.29, 0.717) is 33.4 Å². The van der Waals surface area contributed by atoms with E-state index in [-0.39, 0.29) is 23.0 Å². The molecule has 3 heterocycles. The topological polar surface area (TPSA) is 108 Å². The number of likely N-dealkylation sites (tertiary alicyclic amines) is 1. The summed E-state index contributed by atoms with van der Waals surface area (Å²) in [7, 11) is 0. The molecule has 0 aliphatic carbocycles. The van der Waals surface area contributed by atoms with Gasteiger partial charge in [0.2, 0.25) is 0 Å². The number of aromatic nitrogens is 3. The van der Waals surface area contributed by atoms with Crippen molar-refractivity contribution in [1.29, 1.82) is 0 Å². The average Bonchev–Trinajstić information content (AvgIpc) is 3.52. The van der Waals surface area contributed by atoms with Gasteiger partial charge in [-0.2, -0.15) is 0 Å². The zero-order valence-electron chi connectivity index (χ0n) is 18.8. The lowest BCUT2D eigenvalue weighted by atomic mass is 10.0. The Hall–Kier alpha value is -4.46. The Morgan fingerprint density at radius 1 is 0.914 bits per heavy atom. The van der Waals surface area contributed by atoms with Crippen LogP contribution in [0.4, 0.5) is 10.1 Å². The van der Waals surface area contributed by atoms with Crippen LogP contribution in [0.2, 0.25) is 0 Å². The van der Waals surface area contributed by atoms with E-state index in [0.717, 1.165) is 42.6 Å². The van der Waals surface area contributed by atoms with Crippen LogP contribution >= 0.6 is 0 Å². The van der Waals surface area contributed by atoms with E-state index in [1.165, 1.54) is 12.1 Å². The first-order valence-electron chi connectivity index (χ1n) is 11.5. The highest BCUT2D eigenvalue weighted by Gasteiger charge is 2.22. The van der Waals surface area contributed by atoms with Crippen LogP contribution in [0.1, 0.15) is 23.2 Å². The normalized spacial score (nSPS) is 13.7. The highest BCUT2D eigenvalue weighted by molar-refractivity contribution is 6.04. The predicted octanol–water partition coefficient (Wildman–Crippen LogP) is 4.70. The Balaban J connectivity index is 1.44. The molecule has 0 unspecified atom stereocenters. The smallest absolute Gasteiger partial charge is 0.276 e. The van der Waals surface area contributed by atoms with Gasteiger partial charge in [-0.15, -0.1) is 0 Å². The molecule has 3 aromatic carbocycles. The maximum atomic E-state index is 13.3. The molecule has 0 atom stereocenters. The summed E-state index contributed by atoms with van der Waals surface area (Å²) in [5, 5.41) is 0.673. The van der Waals surface area contributed by atoms with Gasteiger partial charge in [-0.3, -0.25) is 9.59 Å². The van der Waals surface area contributed by atoms with Crippen molar-refractivity contribution in [2.45, 2.75) is 12.8 Å². The largest absolute Gasteiger partial charge is 0.396 e. The fourth-order valence-electron chi connectivity index (χ4n) is 4.71. The summed E-state index contributed by atoms with van der Waals surface area (Å²) >= 11 is 0. The summed E-state index contributed by atoms with van der Waals surface area (Å²) in [6.45, 7) is 1.53. The van der Waals surface area contributed by atoms with E-state index in [1.807, 2.05) is 17.0 Å². The molecule has 1 aliphatic rings. The first-order chi connectivity index (χ1) is 17.0. The number of hydrogen-bond acceptors (Lipinski definition) is 4. The zero-order valence-corrected chi connectivity index (χ0v) is 18.8. The van der Waals surface area contributed by atoms with Crippen molar-refractivity contribution in [3.63, 3.8) is 0 Å². The lowest BCUT2D eigenvalue weighted by Gasteiger charge is -2.15. The van der Waals surface area contributed by atoms with Crippen LogP contribution in [0.3, 0.4) is 0 Å². The Morgan fingerprint density at radius 2 is 1.63 bits per heavy atom. The Bertz CT molecular complexity index is 1660. The highest BCUT2D eigenvalue weighted by atomic mass is 19.1. The molecule has 1 amide bonds. The Labute approximate surface area is 199 Å². The number of anilines is 1. The molecule has 2 aromatic heterocycles. The molecule has 6 rings (SSSR count). The number of fused-ring (bicyclic) bond motifs is 2. The quantitative estimate of drug-likeness (QED) is 0.358. The van der Waals surface area contributed by atoms with Crippen LogP contribution < -0.4 is 11.3 Å². The number of rotatable bonds is 3. The van der Waals surface area contributed by atoms with Crippen molar-refractivity contribution in [3.8, 4) is 22.5 Å². The summed E-state index contributed by atoms with van der Waals surface area (Å²) in [4.78, 5) is 38.3. The second-order valence-corrected chi connectivity index (χ2v) is 8.83. The second-order valence-electron chi connectivity index (χ2n) is 8.83. The van der Waals surface area contributed by atoms with E-state index in [9.17, 15) is 14.0 Å². The minimum Gasteiger partial charge on any atom is -0.396 e. The van der Waals surface area contributed by atoms with Gasteiger partial charge in [0.25, 0.3) is 11.5 Å². The van der Waals surface area contributed by atoms with E-state index in [1.54, 1.807) is 36.4 Å². The molecule has 1 fully saturated rings. The maximum absolute atomic E-state index is 13.3. The monoisotopic (exact) mass is 467 g/mol. The second kappa shape index (κ2) is 8.09. The van der Waals surface area contributed by atoms with Crippen molar-refractivity contribution in [2.24, 2.45) is 0 Å². The van der Waals surface area contributed by atoms with Gasteiger partial charge >= 0.3 is 0 Å². The predicted molar refractivity (Wildman–Crippen MR) is 135 cm³/mol. The number of amides is 1. The summed E-state index contributed by atoms with van der Waals surface area (Å²) in [5.74, 6) is -0.319. The van der Waals surface area contributed by atoms with Gasteiger partial charge in [0.05, 0.1) is 22.4 Å². The number of nitrogen functional groups attached to an aromatic ring is 1.